The minimum Gasteiger partial charge on any atom is -0.435 e. The molecule has 2 aromatic carbocycles. The van der Waals surface area contributed by atoms with Crippen molar-refractivity contribution in [2.75, 3.05) is 32.8 Å². The van der Waals surface area contributed by atoms with Gasteiger partial charge in [-0.2, -0.15) is 13.1 Å². The fourth-order valence-electron chi connectivity index (χ4n) is 3.74. The zero-order valence-corrected chi connectivity index (χ0v) is 17.8. The third kappa shape index (κ3) is 4.38. The van der Waals surface area contributed by atoms with Crippen molar-refractivity contribution in [3.63, 3.8) is 0 Å². The van der Waals surface area contributed by atoms with Crippen LogP contribution in [0.4, 0.5) is 8.78 Å². The van der Waals surface area contributed by atoms with E-state index in [-0.39, 0.29) is 36.2 Å². The molecule has 4 rings (SSSR count). The number of rotatable bonds is 7. The summed E-state index contributed by atoms with van der Waals surface area (Å²) in [6.45, 7) is -1.95. The van der Waals surface area contributed by atoms with Crippen LogP contribution in [0.1, 0.15) is 11.5 Å². The first kappa shape index (κ1) is 22.4. The first-order valence-electron chi connectivity index (χ1n) is 9.99. The highest BCUT2D eigenvalue weighted by atomic mass is 32.2. The quantitative estimate of drug-likeness (QED) is 0.635. The number of aliphatic hydroxyl groups excluding tert-OH is 1. The molecule has 2 aliphatic heterocycles. The fraction of sp³-hybridized carbons (Fsp3) is 0.318. The van der Waals surface area contributed by atoms with E-state index >= 15 is 0 Å². The summed E-state index contributed by atoms with van der Waals surface area (Å²) in [5.74, 6) is -0.878. The molecule has 0 unspecified atom stereocenters. The third-order valence-corrected chi connectivity index (χ3v) is 7.48. The lowest BCUT2D eigenvalue weighted by molar-refractivity contribution is -0.135. The monoisotopic (exact) mass is 464 g/mol. The van der Waals surface area contributed by atoms with E-state index in [9.17, 15) is 27.1 Å². The molecular formula is C22H22F2N2O5S. The van der Waals surface area contributed by atoms with Crippen molar-refractivity contribution in [2.24, 2.45) is 0 Å². The summed E-state index contributed by atoms with van der Waals surface area (Å²) in [4.78, 5) is 14.4. The molecule has 0 aromatic heterocycles. The lowest BCUT2D eigenvalue weighted by Gasteiger charge is -2.42. The van der Waals surface area contributed by atoms with Crippen molar-refractivity contribution in [3.8, 4) is 5.75 Å². The Morgan fingerprint density at radius 1 is 0.969 bits per heavy atom. The van der Waals surface area contributed by atoms with Gasteiger partial charge in [-0.3, -0.25) is 4.79 Å². The first-order chi connectivity index (χ1) is 15.3. The Hall–Kier alpha value is -2.82. The van der Waals surface area contributed by atoms with Crippen molar-refractivity contribution in [2.45, 2.75) is 17.4 Å². The highest BCUT2D eigenvalue weighted by Gasteiger charge is 2.39. The van der Waals surface area contributed by atoms with E-state index in [0.717, 1.165) is 16.7 Å². The van der Waals surface area contributed by atoms with Gasteiger partial charge in [0.05, 0.1) is 17.4 Å². The fourth-order valence-corrected chi connectivity index (χ4v) is 5.17. The van der Waals surface area contributed by atoms with Crippen LogP contribution in [0.2, 0.25) is 0 Å². The van der Waals surface area contributed by atoms with Gasteiger partial charge in [-0.15, -0.1) is 0 Å². The van der Waals surface area contributed by atoms with Crippen LogP contribution in [-0.2, 0) is 14.8 Å². The number of amides is 1. The molecule has 1 atom stereocenters. The predicted molar refractivity (Wildman–Crippen MR) is 112 cm³/mol. The Balaban J connectivity index is 1.34. The van der Waals surface area contributed by atoms with Crippen LogP contribution in [-0.4, -0.2) is 68.0 Å². The van der Waals surface area contributed by atoms with E-state index in [1.165, 1.54) is 28.6 Å². The highest BCUT2D eigenvalue weighted by Crippen LogP contribution is 2.32. The molecular weight excluding hydrogens is 442 g/mol. The average Bonchev–Trinajstić information content (AvgIpc) is 2.69. The summed E-state index contributed by atoms with van der Waals surface area (Å²) in [5.41, 5.74) is 2.75. The van der Waals surface area contributed by atoms with Crippen LogP contribution in [0.3, 0.4) is 0 Å². The van der Waals surface area contributed by atoms with E-state index in [2.05, 4.69) is 4.74 Å². The van der Waals surface area contributed by atoms with Crippen molar-refractivity contribution >= 4 is 15.9 Å². The van der Waals surface area contributed by atoms with Crippen LogP contribution in [0.5, 0.6) is 5.75 Å². The van der Waals surface area contributed by atoms with Crippen molar-refractivity contribution in [1.29, 1.82) is 0 Å². The molecule has 170 valence electrons. The van der Waals surface area contributed by atoms with Gasteiger partial charge in [0, 0.05) is 26.2 Å². The zero-order valence-electron chi connectivity index (χ0n) is 17.0. The van der Waals surface area contributed by atoms with Gasteiger partial charge in [0.25, 0.3) is 0 Å². The van der Waals surface area contributed by atoms with Gasteiger partial charge >= 0.3 is 6.61 Å². The molecule has 0 spiro atoms. The maximum Gasteiger partial charge on any atom is 0.387 e. The van der Waals surface area contributed by atoms with Crippen molar-refractivity contribution < 1.29 is 31.8 Å². The van der Waals surface area contributed by atoms with Gasteiger partial charge in [-0.25, -0.2) is 8.42 Å². The highest BCUT2D eigenvalue weighted by molar-refractivity contribution is 7.89. The molecule has 2 heterocycles. The summed E-state index contributed by atoms with van der Waals surface area (Å²) in [6, 6.07) is 13.9. The minimum atomic E-state index is -3.74. The largest absolute Gasteiger partial charge is 0.435 e. The van der Waals surface area contributed by atoms with E-state index in [1.807, 2.05) is 18.2 Å². The molecule has 2 saturated heterocycles. The molecule has 1 N–H and O–H groups in total. The van der Waals surface area contributed by atoms with E-state index < -0.39 is 22.6 Å². The third-order valence-electron chi connectivity index (χ3n) is 5.68. The Labute approximate surface area is 184 Å². The Morgan fingerprint density at radius 3 is 2.12 bits per heavy atom. The van der Waals surface area contributed by atoms with Gasteiger partial charge < -0.3 is 14.7 Å². The van der Waals surface area contributed by atoms with Crippen LogP contribution >= 0.6 is 0 Å². The second-order valence-corrected chi connectivity index (χ2v) is 9.61. The first-order valence-corrected chi connectivity index (χ1v) is 11.4. The number of hydrogen-bond donors (Lipinski definition) is 1. The van der Waals surface area contributed by atoms with Crippen LogP contribution in [0.15, 0.2) is 70.6 Å². The number of carbonyl (C=O) groups excluding carboxylic acids is 1. The van der Waals surface area contributed by atoms with Gasteiger partial charge in [-0.1, -0.05) is 30.3 Å². The number of likely N-dealkylation sites (tertiary alicyclic amines) is 1. The summed E-state index contributed by atoms with van der Waals surface area (Å²) in [7, 11) is -3.74. The summed E-state index contributed by atoms with van der Waals surface area (Å²) < 4.78 is 55.4. The molecule has 2 fully saturated rings. The topological polar surface area (TPSA) is 87.2 Å². The Morgan fingerprint density at radius 2 is 1.56 bits per heavy atom. The van der Waals surface area contributed by atoms with E-state index in [1.54, 1.807) is 17.0 Å². The number of hydrogen-bond acceptors (Lipinski definition) is 5. The SMILES string of the molecule is O=C([C@H](CO)c1ccccc1)N1CC(=C2CN(S(=O)(=O)c3ccc(OC(F)F)cc3)C2)C1. The Bertz CT molecular complexity index is 1100. The Kier molecular flexibility index (Phi) is 6.27. The number of alkyl halides is 2. The van der Waals surface area contributed by atoms with E-state index in [4.69, 9.17) is 0 Å². The summed E-state index contributed by atoms with van der Waals surface area (Å²) >= 11 is 0. The summed E-state index contributed by atoms with van der Waals surface area (Å²) in [6.07, 6.45) is 0. The molecule has 2 aromatic rings. The normalized spacial score (nSPS) is 17.7. The number of halogens is 2. The lowest BCUT2D eigenvalue weighted by atomic mass is 9.92. The molecule has 1 amide bonds. The molecule has 0 radical (unpaired) electrons. The maximum atomic E-state index is 12.7. The van der Waals surface area contributed by atoms with E-state index in [0.29, 0.717) is 13.1 Å². The predicted octanol–water partition coefficient (Wildman–Crippen LogP) is 2.21. The van der Waals surface area contributed by atoms with Crippen LogP contribution in [0, 0.1) is 0 Å². The minimum absolute atomic E-state index is 0.00206. The second-order valence-electron chi connectivity index (χ2n) is 7.67. The molecule has 0 saturated carbocycles. The molecule has 0 aliphatic carbocycles. The number of aliphatic hydroxyl groups is 1. The number of carbonyl (C=O) groups is 1. The number of sulfonamides is 1. The number of benzene rings is 2. The van der Waals surface area contributed by atoms with Crippen LogP contribution < -0.4 is 4.74 Å². The number of ether oxygens (including phenoxy) is 1. The smallest absolute Gasteiger partial charge is 0.387 e. The summed E-state index contributed by atoms with van der Waals surface area (Å²) in [5, 5.41) is 9.67. The maximum absolute atomic E-state index is 12.7. The van der Waals surface area contributed by atoms with Crippen LogP contribution in [0.25, 0.3) is 0 Å². The van der Waals surface area contributed by atoms with Gasteiger partial charge in [0.2, 0.25) is 15.9 Å². The standard InChI is InChI=1S/C22H22F2N2O5S/c23-22(24)31-18-6-8-19(9-7-18)32(29,30)26-12-17(13-26)16-10-25(11-16)21(28)20(14-27)15-4-2-1-3-5-15/h1-9,20,22,27H,10-14H2/t20-/m1/s1. The van der Waals surface area contributed by atoms with Gasteiger partial charge in [-0.05, 0) is 41.0 Å². The molecule has 2 aliphatic rings. The van der Waals surface area contributed by atoms with Crippen molar-refractivity contribution in [3.05, 3.63) is 71.3 Å². The zero-order chi connectivity index (χ0) is 22.9. The molecule has 0 bridgehead atoms. The van der Waals surface area contributed by atoms with Gasteiger partial charge in [0.1, 0.15) is 5.75 Å². The molecule has 10 heteroatoms. The average molecular weight is 464 g/mol. The molecule has 7 nitrogen and oxygen atoms in total. The second kappa shape index (κ2) is 8.97. The number of nitrogens with zero attached hydrogens (tertiary/aromatic N) is 2. The van der Waals surface area contributed by atoms with Gasteiger partial charge in [0.15, 0.2) is 0 Å². The molecule has 32 heavy (non-hydrogen) atoms. The van der Waals surface area contributed by atoms with Crippen molar-refractivity contribution in [1.82, 2.24) is 9.21 Å². The lowest BCUT2D eigenvalue weighted by Crippen LogP contribution is -2.52.